The van der Waals surface area contributed by atoms with Crippen LogP contribution in [0.1, 0.15) is 53.9 Å². The van der Waals surface area contributed by atoms with E-state index >= 15 is 0 Å². The van der Waals surface area contributed by atoms with Crippen LogP contribution in [0.4, 0.5) is 0 Å². The molecule has 0 spiro atoms. The Labute approximate surface area is 126 Å². The number of nitrogens with one attached hydrogen (secondary N) is 1. The van der Waals surface area contributed by atoms with Crippen molar-refractivity contribution in [1.82, 2.24) is 10.2 Å². The maximum atomic E-state index is 12.1. The zero-order valence-electron chi connectivity index (χ0n) is 13.7. The van der Waals surface area contributed by atoms with Crippen LogP contribution in [0, 0.1) is 5.41 Å². The third kappa shape index (κ3) is 5.02. The molecule has 6 nitrogen and oxygen atoms in total. The standard InChI is InChI=1S/C15H28N2O4/c1-6-15(7-2,14(20)21)10-12(18)16-11(5)13(19)17(8-3)9-4/h11H,6-10H2,1-5H3,(H,16,18)(H,20,21). The van der Waals surface area contributed by atoms with E-state index in [1.54, 1.807) is 25.7 Å². The molecule has 21 heavy (non-hydrogen) atoms. The predicted octanol–water partition coefficient (Wildman–Crippen LogP) is 1.64. The Hall–Kier alpha value is -1.59. The zero-order chi connectivity index (χ0) is 16.6. The fraction of sp³-hybridized carbons (Fsp3) is 0.800. The first kappa shape index (κ1) is 19.4. The number of carbonyl (C=O) groups excluding carboxylic acids is 2. The number of hydrogen-bond donors (Lipinski definition) is 2. The minimum atomic E-state index is -1.05. The molecule has 122 valence electrons. The topological polar surface area (TPSA) is 86.7 Å². The monoisotopic (exact) mass is 300 g/mol. The van der Waals surface area contributed by atoms with Crippen molar-refractivity contribution in [3.63, 3.8) is 0 Å². The van der Waals surface area contributed by atoms with Gasteiger partial charge in [-0.3, -0.25) is 14.4 Å². The third-order valence-corrected chi connectivity index (χ3v) is 4.13. The lowest BCUT2D eigenvalue weighted by molar-refractivity contribution is -0.152. The molecule has 1 atom stereocenters. The molecule has 6 heteroatoms. The summed E-state index contributed by atoms with van der Waals surface area (Å²) in [6, 6.07) is -0.641. The summed E-state index contributed by atoms with van der Waals surface area (Å²) in [5.41, 5.74) is -1.05. The largest absolute Gasteiger partial charge is 0.481 e. The number of nitrogens with zero attached hydrogens (tertiary/aromatic N) is 1. The second-order valence-corrected chi connectivity index (χ2v) is 5.27. The van der Waals surface area contributed by atoms with Gasteiger partial charge in [0.1, 0.15) is 6.04 Å². The normalized spacial score (nSPS) is 12.6. The maximum Gasteiger partial charge on any atom is 0.310 e. The highest BCUT2D eigenvalue weighted by Crippen LogP contribution is 2.30. The fourth-order valence-electron chi connectivity index (χ4n) is 2.35. The zero-order valence-corrected chi connectivity index (χ0v) is 13.7. The molecule has 0 saturated carbocycles. The van der Waals surface area contributed by atoms with Gasteiger partial charge in [-0.1, -0.05) is 13.8 Å². The van der Waals surface area contributed by atoms with E-state index in [9.17, 15) is 19.5 Å². The van der Waals surface area contributed by atoms with Crippen LogP contribution in [0.15, 0.2) is 0 Å². The lowest BCUT2D eigenvalue weighted by Gasteiger charge is -2.28. The van der Waals surface area contributed by atoms with E-state index in [1.807, 2.05) is 13.8 Å². The Balaban J connectivity index is 4.75. The van der Waals surface area contributed by atoms with Gasteiger partial charge in [0.2, 0.25) is 11.8 Å². The molecule has 0 bridgehead atoms. The average Bonchev–Trinajstić information content (AvgIpc) is 2.45. The number of carbonyl (C=O) groups is 3. The van der Waals surface area contributed by atoms with E-state index < -0.39 is 23.3 Å². The molecule has 0 aromatic heterocycles. The van der Waals surface area contributed by atoms with Crippen molar-refractivity contribution < 1.29 is 19.5 Å². The molecule has 0 aromatic rings. The van der Waals surface area contributed by atoms with Crippen molar-refractivity contribution >= 4 is 17.8 Å². The van der Waals surface area contributed by atoms with Crippen LogP contribution in [-0.2, 0) is 14.4 Å². The van der Waals surface area contributed by atoms with Gasteiger partial charge in [-0.2, -0.15) is 0 Å². The summed E-state index contributed by atoms with van der Waals surface area (Å²) in [7, 11) is 0. The number of amides is 2. The second-order valence-electron chi connectivity index (χ2n) is 5.27. The minimum absolute atomic E-state index is 0.106. The summed E-state index contributed by atoms with van der Waals surface area (Å²) >= 11 is 0. The van der Waals surface area contributed by atoms with Crippen LogP contribution < -0.4 is 5.32 Å². The Morgan fingerprint density at radius 2 is 1.57 bits per heavy atom. The van der Waals surface area contributed by atoms with Gasteiger partial charge in [-0.15, -0.1) is 0 Å². The average molecular weight is 300 g/mol. The van der Waals surface area contributed by atoms with Crippen molar-refractivity contribution in [3.8, 4) is 0 Å². The van der Waals surface area contributed by atoms with Crippen LogP contribution in [0.5, 0.6) is 0 Å². The molecule has 0 rings (SSSR count). The molecular weight excluding hydrogens is 272 g/mol. The molecule has 0 heterocycles. The van der Waals surface area contributed by atoms with E-state index in [0.29, 0.717) is 25.9 Å². The molecular formula is C15H28N2O4. The molecule has 0 aliphatic rings. The highest BCUT2D eigenvalue weighted by molar-refractivity contribution is 5.89. The predicted molar refractivity (Wildman–Crippen MR) is 80.8 cm³/mol. The van der Waals surface area contributed by atoms with Gasteiger partial charge in [-0.05, 0) is 33.6 Å². The number of hydrogen-bond acceptors (Lipinski definition) is 3. The first-order chi connectivity index (χ1) is 9.77. The molecule has 0 saturated heterocycles. The van der Waals surface area contributed by atoms with Gasteiger partial charge in [0.05, 0.1) is 5.41 Å². The van der Waals surface area contributed by atoms with Gasteiger partial charge < -0.3 is 15.3 Å². The van der Waals surface area contributed by atoms with E-state index in [4.69, 9.17) is 0 Å². The molecule has 0 fully saturated rings. The molecule has 1 unspecified atom stereocenters. The summed E-state index contributed by atoms with van der Waals surface area (Å²) < 4.78 is 0. The SMILES string of the molecule is CCN(CC)C(=O)C(C)NC(=O)CC(CC)(CC)C(=O)O. The van der Waals surface area contributed by atoms with Crippen LogP contribution in [0.3, 0.4) is 0 Å². The lowest BCUT2D eigenvalue weighted by Crippen LogP contribution is -2.48. The Morgan fingerprint density at radius 1 is 1.10 bits per heavy atom. The summed E-state index contributed by atoms with van der Waals surface area (Å²) in [5, 5.41) is 11.9. The molecule has 0 aliphatic heterocycles. The van der Waals surface area contributed by atoms with Gasteiger partial charge in [0.15, 0.2) is 0 Å². The smallest absolute Gasteiger partial charge is 0.310 e. The van der Waals surface area contributed by atoms with Gasteiger partial charge in [-0.25, -0.2) is 0 Å². The number of aliphatic carboxylic acids is 1. The molecule has 0 aliphatic carbocycles. The second kappa shape index (κ2) is 8.64. The van der Waals surface area contributed by atoms with E-state index in [0.717, 1.165) is 0 Å². The fourth-order valence-corrected chi connectivity index (χ4v) is 2.35. The van der Waals surface area contributed by atoms with Crippen molar-refractivity contribution in [2.24, 2.45) is 5.41 Å². The Bertz CT molecular complexity index is 374. The number of likely N-dealkylation sites (N-methyl/N-ethyl adjacent to an activating group) is 1. The van der Waals surface area contributed by atoms with Gasteiger partial charge in [0, 0.05) is 19.5 Å². The van der Waals surface area contributed by atoms with Crippen LogP contribution in [0.2, 0.25) is 0 Å². The number of carboxylic acid groups (broad SMARTS) is 1. The summed E-state index contributed by atoms with van der Waals surface area (Å²) in [5.74, 6) is -1.51. The molecule has 2 N–H and O–H groups in total. The Morgan fingerprint density at radius 3 is 1.90 bits per heavy atom. The summed E-state index contributed by atoms with van der Waals surface area (Å²) in [4.78, 5) is 37.1. The maximum absolute atomic E-state index is 12.1. The van der Waals surface area contributed by atoms with Gasteiger partial charge >= 0.3 is 5.97 Å². The highest BCUT2D eigenvalue weighted by atomic mass is 16.4. The van der Waals surface area contributed by atoms with Crippen LogP contribution >= 0.6 is 0 Å². The third-order valence-electron chi connectivity index (χ3n) is 4.13. The van der Waals surface area contributed by atoms with Crippen molar-refractivity contribution in [2.75, 3.05) is 13.1 Å². The summed E-state index contributed by atoms with van der Waals surface area (Å²) in [6.45, 7) is 10.1. The lowest BCUT2D eigenvalue weighted by atomic mass is 9.79. The number of carboxylic acids is 1. The van der Waals surface area contributed by atoms with E-state index in [2.05, 4.69) is 5.32 Å². The molecule has 0 radical (unpaired) electrons. The van der Waals surface area contributed by atoms with Crippen molar-refractivity contribution in [3.05, 3.63) is 0 Å². The first-order valence-electron chi connectivity index (χ1n) is 7.59. The van der Waals surface area contributed by atoms with Crippen molar-refractivity contribution in [1.29, 1.82) is 0 Å². The molecule has 0 aromatic carbocycles. The highest BCUT2D eigenvalue weighted by Gasteiger charge is 2.37. The van der Waals surface area contributed by atoms with E-state index in [-0.39, 0.29) is 12.3 Å². The van der Waals surface area contributed by atoms with E-state index in [1.165, 1.54) is 0 Å². The minimum Gasteiger partial charge on any atom is -0.481 e. The van der Waals surface area contributed by atoms with Crippen LogP contribution in [0.25, 0.3) is 0 Å². The van der Waals surface area contributed by atoms with Crippen molar-refractivity contribution in [2.45, 2.75) is 59.9 Å². The summed E-state index contributed by atoms with van der Waals surface area (Å²) in [6.07, 6.45) is 0.653. The number of rotatable bonds is 9. The van der Waals surface area contributed by atoms with Crippen LogP contribution in [-0.4, -0.2) is 46.9 Å². The Kier molecular flexibility index (Phi) is 7.99. The molecule has 2 amide bonds. The quantitative estimate of drug-likeness (QED) is 0.677. The van der Waals surface area contributed by atoms with Gasteiger partial charge in [0.25, 0.3) is 0 Å². The first-order valence-corrected chi connectivity index (χ1v) is 7.59.